The average Bonchev–Trinajstić information content (AvgIpc) is 2.29. The zero-order chi connectivity index (χ0) is 18.0. The highest BCUT2D eigenvalue weighted by Crippen LogP contribution is 2.30. The van der Waals surface area contributed by atoms with Gasteiger partial charge in [0.1, 0.15) is 17.0 Å². The predicted octanol–water partition coefficient (Wildman–Crippen LogP) is 4.12. The maximum atomic E-state index is 12.4. The fourth-order valence-corrected chi connectivity index (χ4v) is 1.66. The molecule has 0 bridgehead atoms. The molecule has 0 aliphatic heterocycles. The van der Waals surface area contributed by atoms with E-state index >= 15 is 0 Å². The second-order valence-electron chi connectivity index (χ2n) is 6.80. The lowest BCUT2D eigenvalue weighted by molar-refractivity contribution is 0.0430. The van der Waals surface area contributed by atoms with E-state index in [1.54, 1.807) is 41.5 Å². The zero-order valence-electron chi connectivity index (χ0n) is 14.0. The first-order chi connectivity index (χ1) is 10.3. The van der Waals surface area contributed by atoms with E-state index in [4.69, 9.17) is 21.1 Å². The molecule has 1 N–H and O–H groups in total. The van der Waals surface area contributed by atoms with Gasteiger partial charge in [0.15, 0.2) is 5.15 Å². The number of hydrogen-bond acceptors (Lipinski definition) is 6. The minimum atomic E-state index is -0.985. The Hall–Kier alpha value is -2.02. The van der Waals surface area contributed by atoms with E-state index < -0.39 is 23.4 Å². The Bertz CT molecular complexity index is 577. The van der Waals surface area contributed by atoms with Crippen molar-refractivity contribution >= 4 is 29.5 Å². The van der Waals surface area contributed by atoms with Gasteiger partial charge in [-0.3, -0.25) is 0 Å². The number of halogens is 1. The molecule has 2 amide bonds. The number of hydrogen-bond donors (Lipinski definition) is 1. The minimum Gasteiger partial charge on any atom is -0.506 e. The van der Waals surface area contributed by atoms with E-state index in [2.05, 4.69) is 4.98 Å². The highest BCUT2D eigenvalue weighted by molar-refractivity contribution is 6.33. The summed E-state index contributed by atoms with van der Waals surface area (Å²) in [5, 5.41) is 9.41. The summed E-state index contributed by atoms with van der Waals surface area (Å²) in [7, 11) is 0. The molecule has 0 radical (unpaired) electrons. The van der Waals surface area contributed by atoms with E-state index in [1.807, 2.05) is 0 Å². The number of amides is 2. The summed E-state index contributed by atoms with van der Waals surface area (Å²) in [6.07, 6.45) is -0.879. The summed E-state index contributed by atoms with van der Waals surface area (Å²) in [5.74, 6) is -0.262. The zero-order valence-corrected chi connectivity index (χ0v) is 14.8. The standard InChI is InChI=1S/C15H21ClN2O5/c1-14(2,3)22-12(20)18(13(21)23-15(4,5)6)10-7-9(19)8-17-11(10)16/h7-8,19H,1-6H3. The van der Waals surface area contributed by atoms with Crippen molar-refractivity contribution in [1.82, 2.24) is 4.98 Å². The van der Waals surface area contributed by atoms with Crippen LogP contribution in [-0.4, -0.2) is 33.5 Å². The topological polar surface area (TPSA) is 89.0 Å². The average molecular weight is 345 g/mol. The molecule has 8 heteroatoms. The number of aromatic nitrogens is 1. The minimum absolute atomic E-state index is 0.129. The van der Waals surface area contributed by atoms with Gasteiger partial charge >= 0.3 is 12.2 Å². The van der Waals surface area contributed by atoms with E-state index in [0.717, 1.165) is 12.3 Å². The molecule has 0 aliphatic carbocycles. The molecule has 128 valence electrons. The first-order valence-electron chi connectivity index (χ1n) is 6.91. The molecule has 7 nitrogen and oxygen atoms in total. The van der Waals surface area contributed by atoms with Crippen LogP contribution in [0.15, 0.2) is 12.3 Å². The lowest BCUT2D eigenvalue weighted by Crippen LogP contribution is -2.44. The Morgan fingerprint density at radius 3 is 1.91 bits per heavy atom. The molecule has 0 unspecified atom stereocenters. The van der Waals surface area contributed by atoms with E-state index in [1.165, 1.54) is 0 Å². The summed E-state index contributed by atoms with van der Waals surface area (Å²) in [6.45, 7) is 9.92. The Morgan fingerprint density at radius 1 is 1.09 bits per heavy atom. The Balaban J connectivity index is 3.28. The van der Waals surface area contributed by atoms with Crippen LogP contribution >= 0.6 is 11.6 Å². The van der Waals surface area contributed by atoms with Crippen LogP contribution in [0.1, 0.15) is 41.5 Å². The van der Waals surface area contributed by atoms with Gasteiger partial charge in [0.05, 0.1) is 11.9 Å². The van der Waals surface area contributed by atoms with Crippen LogP contribution in [0.2, 0.25) is 5.15 Å². The lowest BCUT2D eigenvalue weighted by Gasteiger charge is -2.28. The normalized spacial score (nSPS) is 11.8. The first-order valence-corrected chi connectivity index (χ1v) is 7.28. The largest absolute Gasteiger partial charge is 0.506 e. The monoisotopic (exact) mass is 344 g/mol. The number of aromatic hydroxyl groups is 1. The number of carbonyl (C=O) groups excluding carboxylic acids is 2. The van der Waals surface area contributed by atoms with Crippen LogP contribution in [0.3, 0.4) is 0 Å². The van der Waals surface area contributed by atoms with Crippen LogP contribution in [0.25, 0.3) is 0 Å². The molecule has 0 fully saturated rings. The Kier molecular flexibility index (Phi) is 5.47. The van der Waals surface area contributed by atoms with Gasteiger partial charge < -0.3 is 14.6 Å². The fraction of sp³-hybridized carbons (Fsp3) is 0.533. The van der Waals surface area contributed by atoms with Crippen molar-refractivity contribution in [3.8, 4) is 5.75 Å². The molecule has 0 saturated carbocycles. The summed E-state index contributed by atoms with van der Waals surface area (Å²) in [5.41, 5.74) is -1.81. The molecular weight excluding hydrogens is 324 g/mol. The maximum absolute atomic E-state index is 12.4. The summed E-state index contributed by atoms with van der Waals surface area (Å²) in [6, 6.07) is 1.13. The van der Waals surface area contributed by atoms with Gasteiger partial charge in [-0.05, 0) is 41.5 Å². The molecule has 0 aliphatic rings. The van der Waals surface area contributed by atoms with Crippen molar-refractivity contribution in [2.24, 2.45) is 0 Å². The third kappa shape index (κ3) is 5.94. The van der Waals surface area contributed by atoms with Crippen molar-refractivity contribution in [2.45, 2.75) is 52.7 Å². The predicted molar refractivity (Wildman–Crippen MR) is 85.9 cm³/mol. The molecule has 1 heterocycles. The number of rotatable bonds is 1. The highest BCUT2D eigenvalue weighted by Gasteiger charge is 2.34. The maximum Gasteiger partial charge on any atom is 0.424 e. The number of imide groups is 1. The summed E-state index contributed by atoms with van der Waals surface area (Å²) in [4.78, 5) is 29.1. The molecule has 0 saturated heterocycles. The SMILES string of the molecule is CC(C)(C)OC(=O)N(C(=O)OC(C)(C)C)c1cc(O)cnc1Cl. The highest BCUT2D eigenvalue weighted by atomic mass is 35.5. The number of anilines is 1. The van der Waals surface area contributed by atoms with Gasteiger partial charge in [0.25, 0.3) is 0 Å². The third-order valence-electron chi connectivity index (χ3n) is 2.20. The van der Waals surface area contributed by atoms with Gasteiger partial charge in [0, 0.05) is 6.07 Å². The van der Waals surface area contributed by atoms with Gasteiger partial charge in [-0.1, -0.05) is 11.6 Å². The Morgan fingerprint density at radius 2 is 1.52 bits per heavy atom. The van der Waals surface area contributed by atoms with E-state index in [-0.39, 0.29) is 16.6 Å². The van der Waals surface area contributed by atoms with Gasteiger partial charge in [0.2, 0.25) is 0 Å². The summed E-state index contributed by atoms with van der Waals surface area (Å²) >= 11 is 5.94. The molecule has 1 aromatic rings. The van der Waals surface area contributed by atoms with Crippen LogP contribution in [0.5, 0.6) is 5.75 Å². The van der Waals surface area contributed by atoms with Crippen LogP contribution in [0.4, 0.5) is 15.3 Å². The van der Waals surface area contributed by atoms with Crippen molar-refractivity contribution < 1.29 is 24.2 Å². The molecule has 23 heavy (non-hydrogen) atoms. The van der Waals surface area contributed by atoms with Gasteiger partial charge in [-0.2, -0.15) is 4.90 Å². The van der Waals surface area contributed by atoms with Crippen molar-refractivity contribution in [2.75, 3.05) is 4.90 Å². The number of pyridine rings is 1. The second-order valence-corrected chi connectivity index (χ2v) is 7.16. The molecule has 1 rings (SSSR count). The van der Waals surface area contributed by atoms with E-state index in [9.17, 15) is 14.7 Å². The fourth-order valence-electron chi connectivity index (χ4n) is 1.47. The molecular formula is C15H21ClN2O5. The second kappa shape index (κ2) is 6.62. The van der Waals surface area contributed by atoms with Crippen LogP contribution in [-0.2, 0) is 9.47 Å². The molecule has 0 spiro atoms. The van der Waals surface area contributed by atoms with E-state index in [0.29, 0.717) is 4.90 Å². The number of ether oxygens (including phenoxy) is 2. The van der Waals surface area contributed by atoms with Crippen LogP contribution in [0, 0.1) is 0 Å². The van der Waals surface area contributed by atoms with Crippen molar-refractivity contribution in [3.05, 3.63) is 17.4 Å². The quantitative estimate of drug-likeness (QED) is 0.771. The molecule has 0 atom stereocenters. The third-order valence-corrected chi connectivity index (χ3v) is 2.49. The number of nitrogens with zero attached hydrogens (tertiary/aromatic N) is 2. The lowest BCUT2D eigenvalue weighted by atomic mass is 10.2. The smallest absolute Gasteiger partial charge is 0.424 e. The summed E-state index contributed by atoms with van der Waals surface area (Å²) < 4.78 is 10.4. The molecule has 0 aromatic carbocycles. The van der Waals surface area contributed by atoms with Crippen LogP contribution < -0.4 is 4.90 Å². The van der Waals surface area contributed by atoms with Crippen molar-refractivity contribution in [3.63, 3.8) is 0 Å². The Labute approximate surface area is 140 Å². The number of carbonyl (C=O) groups is 2. The first kappa shape index (κ1) is 19.0. The van der Waals surface area contributed by atoms with Gasteiger partial charge in [-0.15, -0.1) is 0 Å². The molecule has 1 aromatic heterocycles. The van der Waals surface area contributed by atoms with Gasteiger partial charge in [-0.25, -0.2) is 14.6 Å². The van der Waals surface area contributed by atoms with Crippen molar-refractivity contribution in [1.29, 1.82) is 0 Å².